The van der Waals surface area contributed by atoms with Gasteiger partial charge >= 0.3 is 5.97 Å². The molecule has 1 aliphatic rings. The van der Waals surface area contributed by atoms with Crippen LogP contribution in [0.3, 0.4) is 0 Å². The molecule has 22 heavy (non-hydrogen) atoms. The molecule has 0 unspecified atom stereocenters. The lowest BCUT2D eigenvalue weighted by molar-refractivity contribution is 0.0601. The van der Waals surface area contributed by atoms with Crippen molar-refractivity contribution in [1.29, 1.82) is 0 Å². The Hall–Kier alpha value is -2.48. The minimum Gasteiger partial charge on any atom is -0.476 e. The number of nitrogens with zero attached hydrogens (tertiary/aromatic N) is 4. The molecule has 116 valence electrons. The van der Waals surface area contributed by atoms with Gasteiger partial charge in [0, 0.05) is 32.0 Å². The molecule has 0 aromatic carbocycles. The molecule has 3 rings (SSSR count). The maximum absolute atomic E-state index is 11.4. The molecule has 1 saturated heterocycles. The first kappa shape index (κ1) is 14.5. The Balaban J connectivity index is 1.80. The van der Waals surface area contributed by atoms with Crippen LogP contribution >= 0.6 is 0 Å². The van der Waals surface area contributed by atoms with E-state index in [1.54, 1.807) is 12.4 Å². The number of rotatable bonds is 4. The molecule has 1 N–H and O–H groups in total. The summed E-state index contributed by atoms with van der Waals surface area (Å²) in [5.74, 6) is -0.813. The fourth-order valence-electron chi connectivity index (χ4n) is 2.46. The molecular weight excluding hydrogens is 288 g/mol. The first-order chi connectivity index (χ1) is 10.6. The van der Waals surface area contributed by atoms with E-state index < -0.39 is 17.1 Å². The van der Waals surface area contributed by atoms with Crippen molar-refractivity contribution in [1.82, 2.24) is 19.6 Å². The van der Waals surface area contributed by atoms with Crippen LogP contribution in [0.5, 0.6) is 0 Å². The molecule has 3 heterocycles. The number of aromatic nitrogens is 4. The number of carboxylic acid groups (broad SMARTS) is 1. The third kappa shape index (κ3) is 3.06. The van der Waals surface area contributed by atoms with E-state index in [-0.39, 0.29) is 0 Å². The van der Waals surface area contributed by atoms with E-state index >= 15 is 0 Å². The quantitative estimate of drug-likeness (QED) is 0.885. The van der Waals surface area contributed by atoms with Crippen LogP contribution in [0, 0.1) is 5.92 Å². The molecule has 1 aliphatic heterocycles. The monoisotopic (exact) mass is 304 g/mol. The van der Waals surface area contributed by atoms with Gasteiger partial charge in [-0.05, 0) is 18.8 Å². The number of carboxylic acids is 1. The minimum atomic E-state index is -1.34. The topological polar surface area (TPSA) is 99.2 Å². The summed E-state index contributed by atoms with van der Waals surface area (Å²) in [4.78, 5) is 22.4. The summed E-state index contributed by atoms with van der Waals surface area (Å²) >= 11 is 0. The molecule has 0 spiro atoms. The molecule has 2 aromatic heterocycles. The molecule has 8 heteroatoms. The summed E-state index contributed by atoms with van der Waals surface area (Å²) in [6.45, 7) is 2.35. The zero-order chi connectivity index (χ0) is 15.5. The van der Waals surface area contributed by atoms with Gasteiger partial charge < -0.3 is 9.84 Å². The maximum atomic E-state index is 11.4. The molecular formula is C14H16N4O4. The molecule has 0 saturated carbocycles. The molecule has 0 amide bonds. The van der Waals surface area contributed by atoms with E-state index in [1.165, 1.54) is 16.9 Å². The zero-order valence-corrected chi connectivity index (χ0v) is 11.9. The summed E-state index contributed by atoms with van der Waals surface area (Å²) in [7, 11) is 0. The molecule has 8 nitrogen and oxygen atoms in total. The number of carbonyl (C=O) groups is 1. The van der Waals surface area contributed by atoms with Crippen LogP contribution in [0.15, 0.2) is 29.5 Å². The van der Waals surface area contributed by atoms with Gasteiger partial charge in [-0.15, -0.1) is 0 Å². The number of ether oxygens (including phenoxy) is 1. The zero-order valence-electron chi connectivity index (χ0n) is 11.9. The summed E-state index contributed by atoms with van der Waals surface area (Å²) in [5, 5.41) is 17.1. The largest absolute Gasteiger partial charge is 0.476 e. The lowest BCUT2D eigenvalue weighted by atomic mass is 10.0. The lowest BCUT2D eigenvalue weighted by Crippen LogP contribution is -2.21. The average molecular weight is 304 g/mol. The Morgan fingerprint density at radius 2 is 2.18 bits per heavy atom. The molecule has 0 aliphatic carbocycles. The third-order valence-electron chi connectivity index (χ3n) is 3.68. The Morgan fingerprint density at radius 1 is 1.41 bits per heavy atom. The first-order valence-corrected chi connectivity index (χ1v) is 7.07. The van der Waals surface area contributed by atoms with Crippen LogP contribution in [0.25, 0.3) is 5.69 Å². The van der Waals surface area contributed by atoms with Crippen LogP contribution in [-0.2, 0) is 11.3 Å². The molecule has 0 atom stereocenters. The predicted octanol–water partition coefficient (Wildman–Crippen LogP) is 0.554. The van der Waals surface area contributed by atoms with Crippen molar-refractivity contribution in [3.63, 3.8) is 0 Å². The standard InChI is InChI=1S/C14H16N4O4/c19-12-1-4-18(16-13(12)14(20)21)11-7-15-17(9-11)8-10-2-5-22-6-3-10/h1,4,7,9-10H,2-3,5-6,8H2,(H,20,21). The minimum absolute atomic E-state index is 0.500. The van der Waals surface area contributed by atoms with Gasteiger partial charge in [0.2, 0.25) is 11.1 Å². The normalized spacial score (nSPS) is 15.8. The summed E-state index contributed by atoms with van der Waals surface area (Å²) in [6, 6.07) is 1.19. The van der Waals surface area contributed by atoms with E-state index in [0.717, 1.165) is 32.6 Å². The summed E-state index contributed by atoms with van der Waals surface area (Å²) in [6.07, 6.45) is 6.84. The van der Waals surface area contributed by atoms with Crippen LogP contribution in [0.2, 0.25) is 0 Å². The second-order valence-electron chi connectivity index (χ2n) is 5.25. The van der Waals surface area contributed by atoms with Crippen molar-refractivity contribution in [2.45, 2.75) is 19.4 Å². The maximum Gasteiger partial charge on any atom is 0.360 e. The molecule has 0 bridgehead atoms. The second-order valence-corrected chi connectivity index (χ2v) is 5.25. The third-order valence-corrected chi connectivity index (χ3v) is 3.68. The van der Waals surface area contributed by atoms with Crippen molar-refractivity contribution < 1.29 is 14.6 Å². The van der Waals surface area contributed by atoms with Gasteiger partial charge in [0.15, 0.2) is 0 Å². The summed E-state index contributed by atoms with van der Waals surface area (Å²) < 4.78 is 8.49. The van der Waals surface area contributed by atoms with Gasteiger partial charge in [-0.25, -0.2) is 9.48 Å². The van der Waals surface area contributed by atoms with Crippen LogP contribution < -0.4 is 5.43 Å². The summed E-state index contributed by atoms with van der Waals surface area (Å²) in [5.41, 5.74) is -0.493. The number of hydrogen-bond donors (Lipinski definition) is 1. The van der Waals surface area contributed by atoms with Crippen molar-refractivity contribution in [2.24, 2.45) is 5.92 Å². The van der Waals surface area contributed by atoms with Gasteiger partial charge in [0.1, 0.15) is 5.69 Å². The van der Waals surface area contributed by atoms with Crippen molar-refractivity contribution in [2.75, 3.05) is 13.2 Å². The molecule has 1 fully saturated rings. The average Bonchev–Trinajstić information content (AvgIpc) is 2.97. The highest BCUT2D eigenvalue weighted by atomic mass is 16.5. The Kier molecular flexibility index (Phi) is 4.01. The smallest absolute Gasteiger partial charge is 0.360 e. The Labute approximate surface area is 125 Å². The van der Waals surface area contributed by atoms with E-state index in [2.05, 4.69) is 10.2 Å². The van der Waals surface area contributed by atoms with E-state index in [9.17, 15) is 9.59 Å². The molecule has 2 aromatic rings. The number of aromatic carboxylic acids is 1. The van der Waals surface area contributed by atoms with Crippen molar-refractivity contribution in [3.8, 4) is 5.69 Å². The Bertz CT molecular complexity index is 730. The van der Waals surface area contributed by atoms with Crippen molar-refractivity contribution in [3.05, 3.63) is 40.6 Å². The van der Waals surface area contributed by atoms with Gasteiger partial charge in [-0.3, -0.25) is 9.48 Å². The number of hydrogen-bond acceptors (Lipinski definition) is 5. The fraction of sp³-hybridized carbons (Fsp3) is 0.429. The molecule has 0 radical (unpaired) electrons. The van der Waals surface area contributed by atoms with Gasteiger partial charge in [0.05, 0.1) is 12.4 Å². The highest BCUT2D eigenvalue weighted by Gasteiger charge is 2.16. The van der Waals surface area contributed by atoms with Crippen molar-refractivity contribution >= 4 is 5.97 Å². The van der Waals surface area contributed by atoms with Gasteiger partial charge in [-0.1, -0.05) is 0 Å². The second kappa shape index (κ2) is 6.10. The van der Waals surface area contributed by atoms with E-state index in [4.69, 9.17) is 9.84 Å². The van der Waals surface area contributed by atoms with E-state index in [1.807, 2.05) is 4.68 Å². The van der Waals surface area contributed by atoms with Crippen LogP contribution in [-0.4, -0.2) is 43.9 Å². The first-order valence-electron chi connectivity index (χ1n) is 7.07. The predicted molar refractivity (Wildman–Crippen MR) is 76.1 cm³/mol. The van der Waals surface area contributed by atoms with Gasteiger partial charge in [-0.2, -0.15) is 10.2 Å². The van der Waals surface area contributed by atoms with E-state index in [0.29, 0.717) is 11.6 Å². The SMILES string of the molecule is O=C(O)c1nn(-c2cnn(CC3CCOCC3)c2)ccc1=O. The highest BCUT2D eigenvalue weighted by molar-refractivity contribution is 5.84. The van der Waals surface area contributed by atoms with Gasteiger partial charge in [0.25, 0.3) is 0 Å². The van der Waals surface area contributed by atoms with Crippen LogP contribution in [0.4, 0.5) is 0 Å². The van der Waals surface area contributed by atoms with Crippen LogP contribution in [0.1, 0.15) is 23.3 Å². The lowest BCUT2D eigenvalue weighted by Gasteiger charge is -2.21. The fourth-order valence-corrected chi connectivity index (χ4v) is 2.46. The highest BCUT2D eigenvalue weighted by Crippen LogP contribution is 2.17. The Morgan fingerprint density at radius 3 is 2.91 bits per heavy atom.